The predicted molar refractivity (Wildman–Crippen MR) is 106 cm³/mol. The third kappa shape index (κ3) is 3.34. The maximum atomic E-state index is 12.5. The van der Waals surface area contributed by atoms with Crippen molar-refractivity contribution < 1.29 is 4.79 Å². The Kier molecular flexibility index (Phi) is 4.94. The zero-order valence-corrected chi connectivity index (χ0v) is 15.8. The molecule has 1 fully saturated rings. The van der Waals surface area contributed by atoms with Gasteiger partial charge in [0.2, 0.25) is 0 Å². The average molecular weight is 391 g/mol. The lowest BCUT2D eigenvalue weighted by Gasteiger charge is -2.36. The van der Waals surface area contributed by atoms with E-state index in [1.165, 1.54) is 5.69 Å². The summed E-state index contributed by atoms with van der Waals surface area (Å²) in [5.41, 5.74) is 4.25. The summed E-state index contributed by atoms with van der Waals surface area (Å²) >= 11 is 12.1. The number of hydrogen-bond donors (Lipinski definition) is 2. The maximum absolute atomic E-state index is 12.5. The molecule has 0 aromatic heterocycles. The van der Waals surface area contributed by atoms with Crippen LogP contribution in [0.3, 0.4) is 0 Å². The van der Waals surface area contributed by atoms with E-state index in [2.05, 4.69) is 21.6 Å². The van der Waals surface area contributed by atoms with Crippen LogP contribution in [-0.2, 0) is 13.1 Å². The first kappa shape index (κ1) is 17.5. The molecule has 2 aliphatic rings. The van der Waals surface area contributed by atoms with Crippen LogP contribution in [0.4, 0.5) is 16.2 Å². The standard InChI is InChI=1S/C19H20Cl2N4O/c20-15-5-4-13(10-16(15)21)12-25-18-3-1-2-17(14(18)11-23-19(25)26)24-8-6-22-7-9-24/h1-5,10,22H,6-9,11-12H2,(H,23,26). The van der Waals surface area contributed by atoms with Crippen molar-refractivity contribution in [2.24, 2.45) is 0 Å². The number of halogens is 2. The molecule has 0 unspecified atom stereocenters. The molecule has 0 aliphatic carbocycles. The first-order valence-corrected chi connectivity index (χ1v) is 9.46. The van der Waals surface area contributed by atoms with Gasteiger partial charge in [-0.15, -0.1) is 0 Å². The second-order valence-electron chi connectivity index (χ2n) is 6.51. The zero-order valence-electron chi connectivity index (χ0n) is 14.3. The molecule has 5 nitrogen and oxygen atoms in total. The van der Waals surface area contributed by atoms with Crippen LogP contribution in [0.5, 0.6) is 0 Å². The molecule has 2 aromatic carbocycles. The molecule has 0 bridgehead atoms. The van der Waals surface area contributed by atoms with Gasteiger partial charge in [0.05, 0.1) is 22.3 Å². The molecule has 2 amide bonds. The van der Waals surface area contributed by atoms with Gasteiger partial charge in [0.25, 0.3) is 0 Å². The molecule has 7 heteroatoms. The molecular formula is C19H20Cl2N4O. The number of piperazine rings is 1. The predicted octanol–water partition coefficient (Wildman–Crippen LogP) is 3.63. The molecular weight excluding hydrogens is 371 g/mol. The fourth-order valence-electron chi connectivity index (χ4n) is 3.55. The minimum absolute atomic E-state index is 0.0963. The van der Waals surface area contributed by atoms with E-state index in [9.17, 15) is 4.79 Å². The molecule has 2 N–H and O–H groups in total. The number of benzene rings is 2. The van der Waals surface area contributed by atoms with Gasteiger partial charge >= 0.3 is 6.03 Å². The Hall–Kier alpha value is -1.95. The first-order chi connectivity index (χ1) is 12.6. The highest BCUT2D eigenvalue weighted by atomic mass is 35.5. The smallest absolute Gasteiger partial charge is 0.322 e. The summed E-state index contributed by atoms with van der Waals surface area (Å²) in [6, 6.07) is 11.6. The summed E-state index contributed by atoms with van der Waals surface area (Å²) in [5, 5.41) is 7.39. The molecule has 136 valence electrons. The average Bonchev–Trinajstić information content (AvgIpc) is 2.67. The number of nitrogens with one attached hydrogen (secondary N) is 2. The lowest BCUT2D eigenvalue weighted by atomic mass is 10.0. The van der Waals surface area contributed by atoms with Crippen LogP contribution < -0.4 is 20.4 Å². The van der Waals surface area contributed by atoms with Crippen LogP contribution in [-0.4, -0.2) is 32.2 Å². The number of rotatable bonds is 3. The van der Waals surface area contributed by atoms with Crippen molar-refractivity contribution in [2.75, 3.05) is 36.0 Å². The Balaban J connectivity index is 1.67. The topological polar surface area (TPSA) is 47.6 Å². The maximum Gasteiger partial charge on any atom is 0.322 e. The molecule has 2 aliphatic heterocycles. The number of nitrogens with zero attached hydrogens (tertiary/aromatic N) is 2. The number of carbonyl (C=O) groups excluding carboxylic acids is 1. The van der Waals surface area contributed by atoms with E-state index in [1.54, 1.807) is 11.0 Å². The summed E-state index contributed by atoms with van der Waals surface area (Å²) in [5.74, 6) is 0. The Morgan fingerprint density at radius 1 is 1.00 bits per heavy atom. The summed E-state index contributed by atoms with van der Waals surface area (Å²) < 4.78 is 0. The van der Waals surface area contributed by atoms with Gasteiger partial charge in [-0.3, -0.25) is 4.90 Å². The molecule has 1 saturated heterocycles. The van der Waals surface area contributed by atoms with Crippen molar-refractivity contribution in [3.63, 3.8) is 0 Å². The molecule has 4 rings (SSSR count). The van der Waals surface area contributed by atoms with Gasteiger partial charge in [-0.2, -0.15) is 0 Å². The normalized spacial score (nSPS) is 17.1. The number of carbonyl (C=O) groups is 1. The van der Waals surface area contributed by atoms with Gasteiger partial charge < -0.3 is 15.5 Å². The van der Waals surface area contributed by atoms with E-state index in [0.29, 0.717) is 23.1 Å². The van der Waals surface area contributed by atoms with Gasteiger partial charge in [0.15, 0.2) is 0 Å². The molecule has 2 heterocycles. The minimum atomic E-state index is -0.0963. The first-order valence-electron chi connectivity index (χ1n) is 8.70. The summed E-state index contributed by atoms with van der Waals surface area (Å²) in [6.45, 7) is 4.88. The Morgan fingerprint density at radius 2 is 1.77 bits per heavy atom. The van der Waals surface area contributed by atoms with Gasteiger partial charge in [0.1, 0.15) is 0 Å². The summed E-state index contributed by atoms with van der Waals surface area (Å²) in [7, 11) is 0. The highest BCUT2D eigenvalue weighted by Gasteiger charge is 2.27. The van der Waals surface area contributed by atoms with E-state index in [1.807, 2.05) is 24.3 Å². The SMILES string of the molecule is O=C1NCc2c(N3CCNCC3)cccc2N1Cc1ccc(Cl)c(Cl)c1. The minimum Gasteiger partial charge on any atom is -0.369 e. The largest absolute Gasteiger partial charge is 0.369 e. The van der Waals surface area contributed by atoms with Crippen molar-refractivity contribution in [3.05, 3.63) is 57.6 Å². The number of fused-ring (bicyclic) bond motifs is 1. The third-order valence-electron chi connectivity index (χ3n) is 4.86. The third-order valence-corrected chi connectivity index (χ3v) is 5.60. The van der Waals surface area contributed by atoms with Crippen LogP contribution in [0.15, 0.2) is 36.4 Å². The highest BCUT2D eigenvalue weighted by Crippen LogP contribution is 2.34. The molecule has 26 heavy (non-hydrogen) atoms. The van der Waals surface area contributed by atoms with E-state index in [4.69, 9.17) is 23.2 Å². The van der Waals surface area contributed by atoms with E-state index >= 15 is 0 Å². The van der Waals surface area contributed by atoms with Crippen LogP contribution >= 0.6 is 23.2 Å². The zero-order chi connectivity index (χ0) is 18.1. The fraction of sp³-hybridized carbons (Fsp3) is 0.316. The van der Waals surface area contributed by atoms with E-state index in [-0.39, 0.29) is 6.03 Å². The van der Waals surface area contributed by atoms with Gasteiger partial charge in [-0.1, -0.05) is 35.3 Å². The molecule has 0 atom stereocenters. The van der Waals surface area contributed by atoms with Crippen molar-refractivity contribution in [2.45, 2.75) is 13.1 Å². The van der Waals surface area contributed by atoms with Crippen LogP contribution in [0.25, 0.3) is 0 Å². The fourth-order valence-corrected chi connectivity index (χ4v) is 3.87. The summed E-state index contributed by atoms with van der Waals surface area (Å²) in [4.78, 5) is 16.7. The quantitative estimate of drug-likeness (QED) is 0.840. The Labute approximate surface area is 162 Å². The highest BCUT2D eigenvalue weighted by molar-refractivity contribution is 6.42. The number of hydrogen-bond acceptors (Lipinski definition) is 3. The second kappa shape index (κ2) is 7.35. The molecule has 0 radical (unpaired) electrons. The molecule has 2 aromatic rings. The molecule has 0 spiro atoms. The van der Waals surface area contributed by atoms with E-state index in [0.717, 1.165) is 43.0 Å². The number of amides is 2. The summed E-state index contributed by atoms with van der Waals surface area (Å²) in [6.07, 6.45) is 0. The van der Waals surface area contributed by atoms with Gasteiger partial charge in [-0.05, 0) is 29.8 Å². The number of urea groups is 1. The van der Waals surface area contributed by atoms with Crippen molar-refractivity contribution >= 4 is 40.6 Å². The van der Waals surface area contributed by atoms with Crippen LogP contribution in [0.1, 0.15) is 11.1 Å². The second-order valence-corrected chi connectivity index (χ2v) is 7.32. The lowest BCUT2D eigenvalue weighted by Crippen LogP contribution is -2.46. The Morgan fingerprint density at radius 3 is 2.54 bits per heavy atom. The van der Waals surface area contributed by atoms with Crippen molar-refractivity contribution in [3.8, 4) is 0 Å². The Bertz CT molecular complexity index is 836. The van der Waals surface area contributed by atoms with Crippen molar-refractivity contribution in [1.29, 1.82) is 0 Å². The van der Waals surface area contributed by atoms with Crippen molar-refractivity contribution in [1.82, 2.24) is 10.6 Å². The van der Waals surface area contributed by atoms with Crippen LogP contribution in [0.2, 0.25) is 10.0 Å². The van der Waals surface area contributed by atoms with E-state index < -0.39 is 0 Å². The van der Waals surface area contributed by atoms with Gasteiger partial charge in [-0.25, -0.2) is 4.79 Å². The monoisotopic (exact) mass is 390 g/mol. The van der Waals surface area contributed by atoms with Crippen LogP contribution in [0, 0.1) is 0 Å². The molecule has 0 saturated carbocycles. The lowest BCUT2D eigenvalue weighted by molar-refractivity contribution is 0.244. The van der Waals surface area contributed by atoms with Gasteiger partial charge in [0, 0.05) is 44.0 Å². The number of anilines is 2.